The van der Waals surface area contributed by atoms with Crippen molar-refractivity contribution in [3.8, 4) is 11.8 Å². The molecule has 2 amide bonds. The Labute approximate surface area is 220 Å². The number of nitrogens with zero attached hydrogens (tertiary/aromatic N) is 1. The Morgan fingerprint density at radius 3 is 2.50 bits per heavy atom. The van der Waals surface area contributed by atoms with Gasteiger partial charge in [0.1, 0.15) is 11.7 Å². The van der Waals surface area contributed by atoms with E-state index in [9.17, 15) is 24.0 Å². The zero-order valence-corrected chi connectivity index (χ0v) is 21.4. The number of hydrogen-bond acceptors (Lipinski definition) is 7. The maximum absolute atomic E-state index is 13.8. The van der Waals surface area contributed by atoms with E-state index < -0.39 is 35.4 Å². The summed E-state index contributed by atoms with van der Waals surface area (Å²) in [5, 5.41) is 15.3. The fourth-order valence-corrected chi connectivity index (χ4v) is 5.07. The number of hydrogen-bond donors (Lipinski definition) is 2. The largest absolute Gasteiger partial charge is 0.491 e. The molecular weight excluding hydrogens is 532 g/mol. The summed E-state index contributed by atoms with van der Waals surface area (Å²) >= 11 is 13.5. The molecule has 2 N–H and O–H groups in total. The minimum absolute atomic E-state index is 0.00462. The van der Waals surface area contributed by atoms with E-state index >= 15 is 0 Å². The summed E-state index contributed by atoms with van der Waals surface area (Å²) in [5.41, 5.74) is 0.307. The number of para-hydroxylation sites is 1. The molecule has 2 aromatic rings. The number of anilines is 1. The molecule has 1 heterocycles. The number of benzene rings is 2. The highest BCUT2D eigenvalue weighted by atomic mass is 35.5. The highest BCUT2D eigenvalue weighted by Gasteiger charge is 2.44. The Bertz CT molecular complexity index is 1260. The molecule has 2 atom stereocenters. The van der Waals surface area contributed by atoms with Gasteiger partial charge in [0.25, 0.3) is 0 Å². The van der Waals surface area contributed by atoms with Gasteiger partial charge in [0, 0.05) is 5.92 Å². The van der Waals surface area contributed by atoms with E-state index in [4.69, 9.17) is 32.7 Å². The van der Waals surface area contributed by atoms with E-state index in [1.165, 1.54) is 30.3 Å². The number of ether oxygens (including phenoxy) is 2. The van der Waals surface area contributed by atoms with Crippen molar-refractivity contribution in [1.82, 2.24) is 5.32 Å². The van der Waals surface area contributed by atoms with E-state index in [0.717, 1.165) is 18.9 Å². The van der Waals surface area contributed by atoms with Crippen LogP contribution in [0.5, 0.6) is 5.75 Å². The van der Waals surface area contributed by atoms with Crippen LogP contribution in [-0.2, 0) is 19.1 Å². The van der Waals surface area contributed by atoms with Crippen LogP contribution in [-0.4, -0.2) is 37.3 Å². The summed E-state index contributed by atoms with van der Waals surface area (Å²) in [6, 6.07) is 10.6. The first-order valence-electron chi connectivity index (χ1n) is 10.5. The lowest BCUT2D eigenvalue weighted by Gasteiger charge is -2.31. The molecule has 0 bridgehead atoms. The quantitative estimate of drug-likeness (QED) is 0.362. The van der Waals surface area contributed by atoms with E-state index in [1.807, 2.05) is 6.07 Å². The van der Waals surface area contributed by atoms with Crippen LogP contribution in [0.1, 0.15) is 18.4 Å². The molecule has 188 valence electrons. The van der Waals surface area contributed by atoms with Crippen LogP contribution in [0.3, 0.4) is 0 Å². The molecule has 0 fully saturated rings. The van der Waals surface area contributed by atoms with Gasteiger partial charge in [0.05, 0.1) is 51.9 Å². The third-order valence-electron chi connectivity index (χ3n) is 5.15. The number of methoxy groups -OCH3 is 1. The monoisotopic (exact) mass is 551 g/mol. The molecule has 12 heteroatoms. The molecule has 8 nitrogen and oxygen atoms in total. The maximum Gasteiger partial charge on any atom is 0.319 e. The lowest BCUT2D eigenvalue weighted by atomic mass is 9.78. The van der Waals surface area contributed by atoms with Crippen molar-refractivity contribution in [2.75, 3.05) is 24.8 Å². The molecule has 2 aromatic carbocycles. The number of thioether (sulfide) groups is 1. The molecule has 1 aliphatic heterocycles. The zero-order chi connectivity index (χ0) is 26.4. The van der Waals surface area contributed by atoms with Crippen molar-refractivity contribution < 1.29 is 28.2 Å². The van der Waals surface area contributed by atoms with Crippen molar-refractivity contribution in [3.63, 3.8) is 0 Å². The average molecular weight is 552 g/mol. The number of esters is 1. The topological polar surface area (TPSA) is 118 Å². The van der Waals surface area contributed by atoms with Crippen molar-refractivity contribution in [2.24, 2.45) is 5.92 Å². The van der Waals surface area contributed by atoms with Gasteiger partial charge >= 0.3 is 5.97 Å². The molecular formula is C24H20Cl2FN3O5S. The van der Waals surface area contributed by atoms with E-state index in [2.05, 4.69) is 10.6 Å². The van der Waals surface area contributed by atoms with Crippen molar-refractivity contribution in [2.45, 2.75) is 12.8 Å². The van der Waals surface area contributed by atoms with Crippen molar-refractivity contribution >= 4 is 58.4 Å². The zero-order valence-electron chi connectivity index (χ0n) is 19.1. The number of carbonyl (C=O) groups excluding carboxylic acids is 3. The van der Waals surface area contributed by atoms with Gasteiger partial charge in [0.15, 0.2) is 5.75 Å². The molecule has 3 rings (SSSR count). The fourth-order valence-electron chi connectivity index (χ4n) is 3.61. The molecule has 0 aromatic heterocycles. The van der Waals surface area contributed by atoms with E-state index in [-0.39, 0.29) is 37.8 Å². The smallest absolute Gasteiger partial charge is 0.319 e. The second-order valence-electron chi connectivity index (χ2n) is 7.39. The maximum atomic E-state index is 13.8. The number of carbonyl (C=O) groups is 3. The third kappa shape index (κ3) is 5.93. The Morgan fingerprint density at radius 1 is 1.25 bits per heavy atom. The van der Waals surface area contributed by atoms with Crippen LogP contribution >= 0.6 is 35.0 Å². The van der Waals surface area contributed by atoms with E-state index in [1.54, 1.807) is 13.0 Å². The summed E-state index contributed by atoms with van der Waals surface area (Å²) in [7, 11) is 1.12. The SMILES string of the molecule is CCOc1c(Cl)cc([C@@H]2C(C#N)=C(SCC(=O)Nc3ccccc3F)NC(=O)[C@@H]2C(=O)OC)cc1Cl. The van der Waals surface area contributed by atoms with Crippen LogP contribution in [0, 0.1) is 23.1 Å². The Morgan fingerprint density at radius 2 is 1.92 bits per heavy atom. The number of allylic oxidation sites excluding steroid dienone is 1. The highest BCUT2D eigenvalue weighted by Crippen LogP contribution is 2.44. The number of halogens is 3. The molecule has 0 saturated heterocycles. The van der Waals surface area contributed by atoms with Gasteiger partial charge in [-0.1, -0.05) is 47.1 Å². The predicted octanol–water partition coefficient (Wildman–Crippen LogP) is 4.64. The lowest BCUT2D eigenvalue weighted by Crippen LogP contribution is -2.44. The van der Waals surface area contributed by atoms with Crippen molar-refractivity contribution in [1.29, 1.82) is 5.26 Å². The number of rotatable bonds is 8. The predicted molar refractivity (Wildman–Crippen MR) is 134 cm³/mol. The van der Waals surface area contributed by atoms with Crippen LogP contribution < -0.4 is 15.4 Å². The van der Waals surface area contributed by atoms with Gasteiger partial charge in [-0.05, 0) is 36.8 Å². The average Bonchev–Trinajstić information content (AvgIpc) is 2.85. The van der Waals surface area contributed by atoms with Crippen LogP contribution in [0.25, 0.3) is 0 Å². The Kier molecular flexibility index (Phi) is 9.20. The Hall–Kier alpha value is -3.26. The summed E-state index contributed by atoms with van der Waals surface area (Å²) in [4.78, 5) is 37.9. The summed E-state index contributed by atoms with van der Waals surface area (Å²) in [6.07, 6.45) is 0. The van der Waals surface area contributed by atoms with Crippen LogP contribution in [0.4, 0.5) is 10.1 Å². The molecule has 36 heavy (non-hydrogen) atoms. The summed E-state index contributed by atoms with van der Waals surface area (Å²) in [5.74, 6) is -5.31. The first kappa shape index (κ1) is 27.3. The summed E-state index contributed by atoms with van der Waals surface area (Å²) in [6.45, 7) is 2.05. The minimum Gasteiger partial charge on any atom is -0.491 e. The van der Waals surface area contributed by atoms with Gasteiger partial charge < -0.3 is 20.1 Å². The standard InChI is InChI=1S/C24H20Cl2FN3O5S/c1-3-35-21-14(25)8-12(9-15(21)26)19-13(10-28)23(30-22(32)20(19)24(33)34-2)36-11-18(31)29-17-7-5-4-6-16(17)27/h4-9,19-20H,3,11H2,1-2H3,(H,29,31)(H,30,32)/t19-,20-/m1/s1. The molecule has 1 aliphatic rings. The van der Waals surface area contributed by atoms with Crippen LogP contribution in [0.2, 0.25) is 10.0 Å². The van der Waals surface area contributed by atoms with Gasteiger partial charge in [-0.3, -0.25) is 14.4 Å². The second kappa shape index (κ2) is 12.1. The van der Waals surface area contributed by atoms with Gasteiger partial charge in [-0.15, -0.1) is 0 Å². The first-order valence-corrected chi connectivity index (χ1v) is 12.3. The molecule has 0 spiro atoms. The third-order valence-corrected chi connectivity index (χ3v) is 6.73. The van der Waals surface area contributed by atoms with Crippen LogP contribution in [0.15, 0.2) is 47.0 Å². The van der Waals surface area contributed by atoms with Gasteiger partial charge in [-0.25, -0.2) is 4.39 Å². The molecule has 0 aliphatic carbocycles. The van der Waals surface area contributed by atoms with Gasteiger partial charge in [0.2, 0.25) is 11.8 Å². The first-order chi connectivity index (χ1) is 17.2. The number of nitriles is 1. The fraction of sp³-hybridized carbons (Fsp3) is 0.250. The molecule has 0 saturated carbocycles. The lowest BCUT2D eigenvalue weighted by molar-refractivity contribution is -0.150. The van der Waals surface area contributed by atoms with Crippen molar-refractivity contribution in [3.05, 3.63) is 68.4 Å². The molecule has 0 radical (unpaired) electrons. The summed E-state index contributed by atoms with van der Waals surface area (Å²) < 4.78 is 24.1. The number of nitrogens with one attached hydrogen (secondary N) is 2. The van der Waals surface area contributed by atoms with E-state index in [0.29, 0.717) is 12.2 Å². The minimum atomic E-state index is -1.41. The number of amides is 2. The van der Waals surface area contributed by atoms with Gasteiger partial charge in [-0.2, -0.15) is 5.26 Å². The highest BCUT2D eigenvalue weighted by molar-refractivity contribution is 8.03. The second-order valence-corrected chi connectivity index (χ2v) is 9.19. The normalized spacial score (nSPS) is 17.2. The Balaban J connectivity index is 1.98. The molecule has 0 unspecified atom stereocenters.